The third-order valence-corrected chi connectivity index (χ3v) is 4.00. The number of nitrogens with zero attached hydrogens (tertiary/aromatic N) is 1. The molecule has 3 nitrogen and oxygen atoms in total. The van der Waals surface area contributed by atoms with Crippen molar-refractivity contribution in [1.82, 2.24) is 10.2 Å². The molecule has 0 aliphatic carbocycles. The molecule has 0 saturated heterocycles. The summed E-state index contributed by atoms with van der Waals surface area (Å²) in [6.45, 7) is 9.33. The highest BCUT2D eigenvalue weighted by molar-refractivity contribution is 5.25. The predicted molar refractivity (Wildman–Crippen MR) is 90.8 cm³/mol. The van der Waals surface area contributed by atoms with Gasteiger partial charge in [-0.1, -0.05) is 44.5 Å². The van der Waals surface area contributed by atoms with Crippen molar-refractivity contribution >= 4 is 0 Å². The number of ether oxygens (including phenoxy) is 1. The average molecular weight is 292 g/mol. The maximum Gasteiger partial charge on any atom is 0.0615 e. The van der Waals surface area contributed by atoms with Crippen LogP contribution in [0.4, 0.5) is 0 Å². The van der Waals surface area contributed by atoms with Crippen molar-refractivity contribution in [1.29, 1.82) is 0 Å². The van der Waals surface area contributed by atoms with Crippen LogP contribution in [0.1, 0.15) is 44.4 Å². The molecule has 1 aromatic rings. The summed E-state index contributed by atoms with van der Waals surface area (Å²) in [5, 5.41) is 3.60. The van der Waals surface area contributed by atoms with Gasteiger partial charge in [0, 0.05) is 25.7 Å². The predicted octanol–water partition coefficient (Wildman–Crippen LogP) is 3.26. The van der Waals surface area contributed by atoms with Gasteiger partial charge in [-0.05, 0) is 38.1 Å². The summed E-state index contributed by atoms with van der Waals surface area (Å²) in [5.74, 6) is 0. The van der Waals surface area contributed by atoms with Gasteiger partial charge in [0.1, 0.15) is 0 Å². The Balaban J connectivity index is 2.71. The first-order valence-electron chi connectivity index (χ1n) is 8.13. The van der Waals surface area contributed by atoms with Gasteiger partial charge in [0.05, 0.1) is 6.61 Å². The largest absolute Gasteiger partial charge is 0.383 e. The Morgan fingerprint density at radius 2 is 1.86 bits per heavy atom. The lowest BCUT2D eigenvalue weighted by Crippen LogP contribution is -2.39. The van der Waals surface area contributed by atoms with Crippen molar-refractivity contribution in [2.24, 2.45) is 0 Å². The van der Waals surface area contributed by atoms with Crippen molar-refractivity contribution < 1.29 is 4.74 Å². The number of aryl methyl sites for hydroxylation is 1. The zero-order valence-electron chi connectivity index (χ0n) is 14.4. The van der Waals surface area contributed by atoms with Gasteiger partial charge in [-0.15, -0.1) is 0 Å². The molecule has 2 atom stereocenters. The van der Waals surface area contributed by atoms with Gasteiger partial charge in [-0.2, -0.15) is 0 Å². The molecule has 1 rings (SSSR count). The molecule has 0 aromatic heterocycles. The Bertz CT molecular complexity index is 377. The van der Waals surface area contributed by atoms with Crippen molar-refractivity contribution in [2.45, 2.75) is 45.7 Å². The standard InChI is InChI=1S/C18H32N2O/c1-6-8-16-9-11-17(12-10-16)18(19-7-2)13-20(4)15(3)14-21-5/h9-12,15,18-19H,6-8,13-14H2,1-5H3. The maximum absolute atomic E-state index is 5.25. The summed E-state index contributed by atoms with van der Waals surface area (Å²) in [4.78, 5) is 2.36. The molecule has 0 bridgehead atoms. The maximum atomic E-state index is 5.25. The van der Waals surface area contributed by atoms with Gasteiger partial charge < -0.3 is 10.1 Å². The van der Waals surface area contributed by atoms with Crippen LogP contribution < -0.4 is 5.32 Å². The van der Waals surface area contributed by atoms with E-state index in [-0.39, 0.29) is 0 Å². The van der Waals surface area contributed by atoms with Crippen LogP contribution in [-0.4, -0.2) is 44.8 Å². The zero-order valence-corrected chi connectivity index (χ0v) is 14.4. The molecule has 2 unspecified atom stereocenters. The molecular formula is C18H32N2O. The second-order valence-electron chi connectivity index (χ2n) is 5.85. The zero-order chi connectivity index (χ0) is 15.7. The fourth-order valence-corrected chi connectivity index (χ4v) is 2.58. The van der Waals surface area contributed by atoms with E-state index >= 15 is 0 Å². The normalized spacial score (nSPS) is 14.4. The Hall–Kier alpha value is -0.900. The highest BCUT2D eigenvalue weighted by Crippen LogP contribution is 2.17. The molecule has 21 heavy (non-hydrogen) atoms. The van der Waals surface area contributed by atoms with Crippen LogP contribution in [0.15, 0.2) is 24.3 Å². The molecule has 0 spiro atoms. The SMILES string of the molecule is CCCc1ccc(C(CN(C)C(C)COC)NCC)cc1. The molecular weight excluding hydrogens is 260 g/mol. The van der Waals surface area contributed by atoms with Gasteiger partial charge in [-0.25, -0.2) is 0 Å². The fraction of sp³-hybridized carbons (Fsp3) is 0.667. The first-order valence-corrected chi connectivity index (χ1v) is 8.13. The Kier molecular flexibility index (Phi) is 8.58. The van der Waals surface area contributed by atoms with Crippen LogP contribution in [0.3, 0.4) is 0 Å². The minimum atomic E-state index is 0.370. The minimum absolute atomic E-state index is 0.370. The van der Waals surface area contributed by atoms with E-state index in [1.165, 1.54) is 17.5 Å². The molecule has 1 N–H and O–H groups in total. The second-order valence-corrected chi connectivity index (χ2v) is 5.85. The molecule has 120 valence electrons. The monoisotopic (exact) mass is 292 g/mol. The van der Waals surface area contributed by atoms with Crippen LogP contribution in [0.5, 0.6) is 0 Å². The highest BCUT2D eigenvalue weighted by Gasteiger charge is 2.16. The van der Waals surface area contributed by atoms with Crippen molar-refractivity contribution in [3.8, 4) is 0 Å². The van der Waals surface area contributed by atoms with E-state index in [9.17, 15) is 0 Å². The molecule has 0 radical (unpaired) electrons. The minimum Gasteiger partial charge on any atom is -0.383 e. The lowest BCUT2D eigenvalue weighted by atomic mass is 10.0. The van der Waals surface area contributed by atoms with E-state index in [1.807, 2.05) is 0 Å². The number of hydrogen-bond acceptors (Lipinski definition) is 3. The lowest BCUT2D eigenvalue weighted by Gasteiger charge is -2.29. The average Bonchev–Trinajstić information content (AvgIpc) is 2.48. The molecule has 0 saturated carbocycles. The van der Waals surface area contributed by atoms with E-state index in [0.717, 1.165) is 26.1 Å². The third-order valence-electron chi connectivity index (χ3n) is 4.00. The smallest absolute Gasteiger partial charge is 0.0615 e. The summed E-state index contributed by atoms with van der Waals surface area (Å²) in [5.41, 5.74) is 2.80. The van der Waals surface area contributed by atoms with Crippen LogP contribution in [-0.2, 0) is 11.2 Å². The van der Waals surface area contributed by atoms with Crippen LogP contribution >= 0.6 is 0 Å². The summed E-state index contributed by atoms with van der Waals surface area (Å²) < 4.78 is 5.25. The van der Waals surface area contributed by atoms with E-state index in [2.05, 4.69) is 62.3 Å². The first kappa shape index (κ1) is 18.1. The Labute approximate surface area is 130 Å². The second kappa shape index (κ2) is 9.93. The number of nitrogens with one attached hydrogen (secondary N) is 1. The molecule has 0 amide bonds. The number of rotatable bonds is 10. The van der Waals surface area contributed by atoms with Gasteiger partial charge in [0.25, 0.3) is 0 Å². The molecule has 3 heteroatoms. The molecule has 1 aromatic carbocycles. The molecule has 0 heterocycles. The van der Waals surface area contributed by atoms with Crippen molar-refractivity contribution in [3.63, 3.8) is 0 Å². The van der Waals surface area contributed by atoms with Gasteiger partial charge in [0.2, 0.25) is 0 Å². The van der Waals surface area contributed by atoms with Gasteiger partial charge in [0.15, 0.2) is 0 Å². The molecule has 0 fully saturated rings. The van der Waals surface area contributed by atoms with E-state index < -0.39 is 0 Å². The number of benzene rings is 1. The number of hydrogen-bond donors (Lipinski definition) is 1. The summed E-state index contributed by atoms with van der Waals surface area (Å²) in [6.07, 6.45) is 2.37. The van der Waals surface area contributed by atoms with Crippen LogP contribution in [0.25, 0.3) is 0 Å². The van der Waals surface area contributed by atoms with E-state index in [0.29, 0.717) is 12.1 Å². The highest BCUT2D eigenvalue weighted by atomic mass is 16.5. The summed E-state index contributed by atoms with van der Waals surface area (Å²) in [6, 6.07) is 9.87. The Morgan fingerprint density at radius 1 is 1.19 bits per heavy atom. The number of methoxy groups -OCH3 is 1. The van der Waals surface area contributed by atoms with Crippen LogP contribution in [0.2, 0.25) is 0 Å². The lowest BCUT2D eigenvalue weighted by molar-refractivity contribution is 0.109. The molecule has 0 aliphatic heterocycles. The third kappa shape index (κ3) is 6.16. The number of likely N-dealkylation sites (N-methyl/N-ethyl adjacent to an activating group) is 2. The fourth-order valence-electron chi connectivity index (χ4n) is 2.58. The quantitative estimate of drug-likeness (QED) is 0.716. The topological polar surface area (TPSA) is 24.5 Å². The first-order chi connectivity index (χ1) is 10.1. The van der Waals surface area contributed by atoms with Gasteiger partial charge in [-0.3, -0.25) is 4.90 Å². The molecule has 0 aliphatic rings. The van der Waals surface area contributed by atoms with Gasteiger partial charge >= 0.3 is 0 Å². The summed E-state index contributed by atoms with van der Waals surface area (Å²) >= 11 is 0. The van der Waals surface area contributed by atoms with E-state index in [1.54, 1.807) is 7.11 Å². The van der Waals surface area contributed by atoms with Crippen LogP contribution in [0, 0.1) is 0 Å². The van der Waals surface area contributed by atoms with Crippen molar-refractivity contribution in [3.05, 3.63) is 35.4 Å². The summed E-state index contributed by atoms with van der Waals surface area (Å²) in [7, 11) is 3.93. The Morgan fingerprint density at radius 3 is 2.38 bits per heavy atom. The van der Waals surface area contributed by atoms with Crippen molar-refractivity contribution in [2.75, 3.05) is 33.9 Å². The van der Waals surface area contributed by atoms with E-state index in [4.69, 9.17) is 4.74 Å².